The second-order valence-corrected chi connectivity index (χ2v) is 28.1. The van der Waals surface area contributed by atoms with Crippen LogP contribution in [-0.4, -0.2) is 193 Å². The van der Waals surface area contributed by atoms with Gasteiger partial charge < -0.3 is 89.9 Å². The topological polar surface area (TPSA) is 307 Å². The third kappa shape index (κ3) is 40.9. The Balaban J connectivity index is 1.38. The predicted octanol–water partition coefficient (Wildman–Crippen LogP) is 12.8. The van der Waals surface area contributed by atoms with Crippen molar-refractivity contribution >= 4 is 5.91 Å². The third-order valence-electron chi connectivity index (χ3n) is 19.5. The van der Waals surface area contributed by atoms with Crippen LogP contribution < -0.4 is 5.32 Å². The van der Waals surface area contributed by atoms with Gasteiger partial charge in [-0.2, -0.15) is 0 Å². The number of amides is 1. The van der Waals surface area contributed by atoms with E-state index in [-0.39, 0.29) is 18.9 Å². The summed E-state index contributed by atoms with van der Waals surface area (Å²) in [5.74, 6) is -0.293. The molecule has 0 bridgehead atoms. The van der Waals surface area contributed by atoms with Gasteiger partial charge in [-0.1, -0.05) is 292 Å². The first kappa shape index (κ1) is 90.4. The van der Waals surface area contributed by atoms with Crippen LogP contribution in [0.4, 0.5) is 0 Å². The molecule has 3 rings (SSSR count). The van der Waals surface area contributed by atoms with Gasteiger partial charge in [-0.25, -0.2) is 0 Å². The number of unbranched alkanes of at least 4 members (excludes halogenated alkanes) is 36. The Hall–Kier alpha value is -2.77. The Morgan fingerprint density at radius 3 is 1.13 bits per heavy atom. The van der Waals surface area contributed by atoms with E-state index in [1.807, 2.05) is 6.08 Å². The largest absolute Gasteiger partial charge is 0.394 e. The van der Waals surface area contributed by atoms with Crippen LogP contribution in [0.5, 0.6) is 0 Å². The van der Waals surface area contributed by atoms with E-state index in [1.165, 1.54) is 186 Å². The quantitative estimate of drug-likeness (QED) is 0.0199. The summed E-state index contributed by atoms with van der Waals surface area (Å²) in [6, 6.07) is -1.00. The molecule has 19 nitrogen and oxygen atoms in total. The molecule has 12 N–H and O–H groups in total. The zero-order valence-corrected chi connectivity index (χ0v) is 61.5. The number of carbonyl (C=O) groups excluding carboxylic acids is 1. The lowest BCUT2D eigenvalue weighted by Crippen LogP contribution is -2.66. The Morgan fingerprint density at radius 2 is 0.707 bits per heavy atom. The van der Waals surface area contributed by atoms with Gasteiger partial charge in [-0.15, -0.1) is 0 Å². The van der Waals surface area contributed by atoms with Crippen LogP contribution in [0.15, 0.2) is 72.9 Å². The summed E-state index contributed by atoms with van der Waals surface area (Å²) in [4.78, 5) is 13.4. The molecule has 0 aromatic rings. The number of aliphatic hydroxyl groups excluding tert-OH is 11. The Morgan fingerprint density at radius 1 is 0.374 bits per heavy atom. The number of carbonyl (C=O) groups is 1. The first-order valence-electron chi connectivity index (χ1n) is 39.7. The number of ether oxygens (including phenoxy) is 6. The average molecular weight is 1410 g/mol. The maximum atomic E-state index is 13.4. The predicted molar refractivity (Wildman–Crippen MR) is 392 cm³/mol. The molecule has 0 aromatic heterocycles. The molecule has 3 aliphatic rings. The highest BCUT2D eigenvalue weighted by Gasteiger charge is 2.53. The van der Waals surface area contributed by atoms with Crippen molar-refractivity contribution in [3.8, 4) is 0 Å². The van der Waals surface area contributed by atoms with Crippen LogP contribution in [0.2, 0.25) is 0 Å². The molecule has 3 fully saturated rings. The second-order valence-electron chi connectivity index (χ2n) is 28.1. The molecular formula is C80H143NO18. The van der Waals surface area contributed by atoms with Gasteiger partial charge >= 0.3 is 0 Å². The van der Waals surface area contributed by atoms with Gasteiger partial charge in [0, 0.05) is 6.42 Å². The first-order chi connectivity index (χ1) is 48.3. The normalized spacial score (nSPS) is 27.0. The highest BCUT2D eigenvalue weighted by atomic mass is 16.8. The standard InChI is InChI=1S/C80H143NO18/c1-3-5-7-9-11-13-15-17-19-21-23-25-26-27-28-29-30-31-32-33-34-35-36-38-39-41-43-45-47-49-51-53-55-57-64(85)63(81-68(86)58-56-54-52-50-48-46-44-42-40-37-24-22-20-18-16-14-12-10-8-6-4-2)62-94-78-74(92)71(89)76(66(60-83)96-78)99-80-75(93)72(90)77(67(61-84)97-80)98-79-73(91)70(88)69(87)65(59-82)95-79/h6,8,12,14,18,20,24,37,47,49,55,57,63-67,69-80,82-85,87-93H,3-5,7,9-11,13,15-17,19,21-23,25-36,38-46,48,50-54,56,58-62H2,1-2H3,(H,81,86)/b8-6-,14-12-,20-18-,37-24-,49-47+,57-55+. The molecule has 19 heteroatoms. The summed E-state index contributed by atoms with van der Waals surface area (Å²) < 4.78 is 34.4. The molecule has 1 amide bonds. The highest BCUT2D eigenvalue weighted by molar-refractivity contribution is 5.76. The van der Waals surface area contributed by atoms with Gasteiger partial charge in [-0.05, 0) is 70.6 Å². The zero-order valence-electron chi connectivity index (χ0n) is 61.5. The molecule has 0 aromatic carbocycles. The van der Waals surface area contributed by atoms with E-state index >= 15 is 0 Å². The number of allylic oxidation sites excluding steroid dienone is 11. The first-order valence-corrected chi connectivity index (χ1v) is 39.7. The molecule has 3 aliphatic heterocycles. The van der Waals surface area contributed by atoms with Gasteiger partial charge in [0.05, 0.1) is 38.6 Å². The van der Waals surface area contributed by atoms with E-state index < -0.39 is 124 Å². The highest BCUT2D eigenvalue weighted by Crippen LogP contribution is 2.33. The molecule has 0 aliphatic carbocycles. The van der Waals surface area contributed by atoms with E-state index in [1.54, 1.807) is 6.08 Å². The molecule has 576 valence electrons. The minimum Gasteiger partial charge on any atom is -0.394 e. The van der Waals surface area contributed by atoms with E-state index in [9.17, 15) is 61.0 Å². The van der Waals surface area contributed by atoms with E-state index in [2.05, 4.69) is 79.9 Å². The SMILES string of the molecule is CC/C=C\C/C=C\C/C=C\C/C=C\CCCCCCCCCCC(=O)NC(COC1OC(CO)C(OC2OC(CO)C(OC3OC(CO)C(O)C(O)C3O)C(O)C2O)C(O)C1O)C(O)/C=C/CC/C=C/CCCCCCCCCCCCCCCCCCCCCCCCCCCCC. The van der Waals surface area contributed by atoms with Gasteiger partial charge in [0.15, 0.2) is 18.9 Å². The fourth-order valence-corrected chi connectivity index (χ4v) is 13.1. The van der Waals surface area contributed by atoms with Crippen molar-refractivity contribution < 1.29 is 89.4 Å². The molecule has 99 heavy (non-hydrogen) atoms. The molecule has 17 unspecified atom stereocenters. The van der Waals surface area contributed by atoms with Crippen molar-refractivity contribution in [2.75, 3.05) is 26.4 Å². The lowest BCUT2D eigenvalue weighted by Gasteiger charge is -2.48. The molecule has 3 heterocycles. The second kappa shape index (κ2) is 60.5. The van der Waals surface area contributed by atoms with Crippen molar-refractivity contribution in [2.24, 2.45) is 0 Å². The molecular weight excluding hydrogens is 1260 g/mol. The number of rotatable bonds is 62. The summed E-state index contributed by atoms with van der Waals surface area (Å²) >= 11 is 0. The summed E-state index contributed by atoms with van der Waals surface area (Å²) in [6.45, 7) is 1.62. The van der Waals surface area contributed by atoms with Crippen LogP contribution >= 0.6 is 0 Å². The van der Waals surface area contributed by atoms with E-state index in [4.69, 9.17) is 28.4 Å². The Labute approximate surface area is 598 Å². The third-order valence-corrected chi connectivity index (χ3v) is 19.5. The van der Waals surface area contributed by atoms with Crippen molar-refractivity contribution in [1.82, 2.24) is 5.32 Å². The summed E-state index contributed by atoms with van der Waals surface area (Å²) in [7, 11) is 0. The van der Waals surface area contributed by atoms with Gasteiger partial charge in [0.25, 0.3) is 0 Å². The van der Waals surface area contributed by atoms with Crippen LogP contribution in [0.1, 0.15) is 296 Å². The molecule has 0 spiro atoms. The summed E-state index contributed by atoms with van der Waals surface area (Å²) in [5, 5.41) is 121. The zero-order chi connectivity index (χ0) is 71.8. The van der Waals surface area contributed by atoms with Crippen molar-refractivity contribution in [3.63, 3.8) is 0 Å². The van der Waals surface area contributed by atoms with Crippen molar-refractivity contribution in [1.29, 1.82) is 0 Å². The number of hydrogen-bond donors (Lipinski definition) is 12. The fraction of sp³-hybridized carbons (Fsp3) is 0.838. The Kier molecular flexibility index (Phi) is 55.3. The lowest BCUT2D eigenvalue weighted by molar-refractivity contribution is -0.379. The number of hydrogen-bond acceptors (Lipinski definition) is 18. The number of nitrogens with one attached hydrogen (secondary N) is 1. The molecule has 17 atom stereocenters. The van der Waals surface area contributed by atoms with Gasteiger partial charge in [0.1, 0.15) is 73.2 Å². The average Bonchev–Trinajstić information content (AvgIpc) is 0.784. The van der Waals surface area contributed by atoms with Crippen LogP contribution in [0.3, 0.4) is 0 Å². The minimum absolute atomic E-state index is 0.223. The van der Waals surface area contributed by atoms with Crippen LogP contribution in [-0.2, 0) is 33.2 Å². The monoisotopic (exact) mass is 1410 g/mol. The summed E-state index contributed by atoms with van der Waals surface area (Å²) in [6.07, 6.45) is 51.9. The van der Waals surface area contributed by atoms with E-state index in [0.717, 1.165) is 77.0 Å². The maximum absolute atomic E-state index is 13.4. The van der Waals surface area contributed by atoms with Crippen LogP contribution in [0, 0.1) is 0 Å². The lowest BCUT2D eigenvalue weighted by atomic mass is 9.96. The molecule has 0 saturated carbocycles. The van der Waals surface area contributed by atoms with Gasteiger partial charge in [-0.3, -0.25) is 4.79 Å². The van der Waals surface area contributed by atoms with Crippen molar-refractivity contribution in [2.45, 2.75) is 401 Å². The van der Waals surface area contributed by atoms with Crippen molar-refractivity contribution in [3.05, 3.63) is 72.9 Å². The molecule has 0 radical (unpaired) electrons. The van der Waals surface area contributed by atoms with Crippen LogP contribution in [0.25, 0.3) is 0 Å². The number of aliphatic hydroxyl groups is 11. The van der Waals surface area contributed by atoms with Gasteiger partial charge in [0.2, 0.25) is 5.91 Å². The maximum Gasteiger partial charge on any atom is 0.220 e. The fourth-order valence-electron chi connectivity index (χ4n) is 13.1. The summed E-state index contributed by atoms with van der Waals surface area (Å²) in [5.41, 5.74) is 0. The van der Waals surface area contributed by atoms with E-state index in [0.29, 0.717) is 12.8 Å². The minimum atomic E-state index is -1.99. The Bertz CT molecular complexity index is 2070. The molecule has 3 saturated heterocycles. The smallest absolute Gasteiger partial charge is 0.220 e.